The molecule has 0 unspecified atom stereocenters. The van der Waals surface area contributed by atoms with Crippen LogP contribution in [0.4, 0.5) is 0 Å². The van der Waals surface area contributed by atoms with E-state index in [1.165, 1.54) is 43.3 Å². The molecule has 0 amide bonds. The molecule has 0 aliphatic heterocycles. The highest BCUT2D eigenvalue weighted by Gasteiger charge is 2.26. The van der Waals surface area contributed by atoms with Crippen LogP contribution in [0.25, 0.3) is 0 Å². The van der Waals surface area contributed by atoms with E-state index in [4.69, 9.17) is 11.6 Å². The molecule has 1 N–H and O–H groups in total. The molecule has 0 radical (unpaired) electrons. The first-order valence-electron chi connectivity index (χ1n) is 8.77. The molecule has 0 aliphatic carbocycles. The van der Waals surface area contributed by atoms with Gasteiger partial charge in [-0.3, -0.25) is 0 Å². The second-order valence-electron chi connectivity index (χ2n) is 6.65. The van der Waals surface area contributed by atoms with Crippen molar-refractivity contribution in [2.75, 3.05) is 0 Å². The summed E-state index contributed by atoms with van der Waals surface area (Å²) in [5.74, 6) is 0. The maximum atomic E-state index is 13.1. The molecule has 29 heavy (non-hydrogen) atoms. The monoisotopic (exact) mass is 449 g/mol. The number of hydrogen-bond donors (Lipinski definition) is 1. The summed E-state index contributed by atoms with van der Waals surface area (Å²) in [5.41, 5.74) is 1.50. The van der Waals surface area contributed by atoms with Gasteiger partial charge in [-0.15, -0.1) is 0 Å². The molecule has 8 heteroatoms. The van der Waals surface area contributed by atoms with Crippen LogP contribution in [0.1, 0.15) is 16.7 Å². The first kappa shape index (κ1) is 21.5. The third-order valence-corrected chi connectivity index (χ3v) is 8.14. The van der Waals surface area contributed by atoms with Crippen molar-refractivity contribution in [1.82, 2.24) is 4.72 Å². The zero-order valence-corrected chi connectivity index (χ0v) is 18.3. The second kappa shape index (κ2) is 8.28. The van der Waals surface area contributed by atoms with Crippen LogP contribution in [-0.4, -0.2) is 16.8 Å². The van der Waals surface area contributed by atoms with Gasteiger partial charge in [-0.05, 0) is 66.9 Å². The normalized spacial score (nSPS) is 12.1. The van der Waals surface area contributed by atoms with Crippen molar-refractivity contribution in [3.63, 3.8) is 0 Å². The zero-order chi connectivity index (χ0) is 21.2. The molecule has 5 nitrogen and oxygen atoms in total. The number of sulfonamides is 1. The third-order valence-electron chi connectivity index (χ3n) is 4.47. The lowest BCUT2D eigenvalue weighted by Gasteiger charge is -2.15. The summed E-state index contributed by atoms with van der Waals surface area (Å²) >= 11 is 5.85. The summed E-state index contributed by atoms with van der Waals surface area (Å²) in [4.78, 5) is -0.0444. The number of benzene rings is 3. The van der Waals surface area contributed by atoms with E-state index in [0.29, 0.717) is 10.6 Å². The zero-order valence-electron chi connectivity index (χ0n) is 15.9. The maximum absolute atomic E-state index is 13.1. The highest BCUT2D eigenvalue weighted by Crippen LogP contribution is 2.30. The number of halogens is 1. The number of nitrogens with one attached hydrogen (secondary N) is 1. The summed E-state index contributed by atoms with van der Waals surface area (Å²) < 4.78 is 54.6. The molecular formula is C21H20ClNO4S2. The van der Waals surface area contributed by atoms with Gasteiger partial charge >= 0.3 is 0 Å². The van der Waals surface area contributed by atoms with Crippen molar-refractivity contribution in [2.24, 2.45) is 0 Å². The number of rotatable bonds is 6. The molecule has 0 heterocycles. The Morgan fingerprint density at radius 1 is 0.828 bits per heavy atom. The number of sulfone groups is 1. The molecule has 152 valence electrons. The van der Waals surface area contributed by atoms with E-state index in [1.54, 1.807) is 6.92 Å². The molecular weight excluding hydrogens is 430 g/mol. The average molecular weight is 450 g/mol. The van der Waals surface area contributed by atoms with Crippen LogP contribution >= 0.6 is 11.6 Å². The van der Waals surface area contributed by atoms with E-state index in [9.17, 15) is 16.8 Å². The number of hydrogen-bond acceptors (Lipinski definition) is 4. The van der Waals surface area contributed by atoms with Crippen molar-refractivity contribution in [2.45, 2.75) is 35.1 Å². The van der Waals surface area contributed by atoms with Crippen molar-refractivity contribution in [3.8, 4) is 0 Å². The molecule has 3 rings (SSSR count). The van der Waals surface area contributed by atoms with Gasteiger partial charge in [-0.2, -0.15) is 0 Å². The van der Waals surface area contributed by atoms with E-state index in [-0.39, 0.29) is 26.8 Å². The molecule has 0 aromatic heterocycles. The highest BCUT2D eigenvalue weighted by molar-refractivity contribution is 7.92. The Morgan fingerprint density at radius 3 is 2.03 bits per heavy atom. The molecule has 0 aliphatic rings. The van der Waals surface area contributed by atoms with Gasteiger partial charge in [0.2, 0.25) is 19.9 Å². The fourth-order valence-corrected chi connectivity index (χ4v) is 6.10. The first-order valence-corrected chi connectivity index (χ1v) is 12.1. The summed E-state index contributed by atoms with van der Waals surface area (Å²) in [6.07, 6.45) is 0. The lowest BCUT2D eigenvalue weighted by molar-refractivity contribution is 0.579. The Labute approximate surface area is 176 Å². The van der Waals surface area contributed by atoms with Crippen LogP contribution in [0, 0.1) is 13.8 Å². The van der Waals surface area contributed by atoms with Gasteiger partial charge in [-0.25, -0.2) is 21.6 Å². The van der Waals surface area contributed by atoms with Gasteiger partial charge < -0.3 is 0 Å². The van der Waals surface area contributed by atoms with Crippen LogP contribution in [0.5, 0.6) is 0 Å². The van der Waals surface area contributed by atoms with Gasteiger partial charge in [0.1, 0.15) is 0 Å². The van der Waals surface area contributed by atoms with Crippen LogP contribution in [0.3, 0.4) is 0 Å². The minimum atomic E-state index is -3.92. The Balaban J connectivity index is 2.03. The van der Waals surface area contributed by atoms with Crippen molar-refractivity contribution in [1.29, 1.82) is 0 Å². The molecule has 0 spiro atoms. The van der Waals surface area contributed by atoms with E-state index >= 15 is 0 Å². The van der Waals surface area contributed by atoms with E-state index in [1.807, 2.05) is 30.3 Å². The van der Waals surface area contributed by atoms with E-state index in [2.05, 4.69) is 4.72 Å². The van der Waals surface area contributed by atoms with Crippen molar-refractivity contribution >= 4 is 31.5 Å². The lowest BCUT2D eigenvalue weighted by Crippen LogP contribution is -2.24. The van der Waals surface area contributed by atoms with E-state index < -0.39 is 19.9 Å². The van der Waals surface area contributed by atoms with Gasteiger partial charge in [0.25, 0.3) is 0 Å². The minimum absolute atomic E-state index is 0.0418. The molecule has 0 saturated heterocycles. The molecule has 3 aromatic rings. The van der Waals surface area contributed by atoms with E-state index in [0.717, 1.165) is 5.56 Å². The second-order valence-corrected chi connectivity index (χ2v) is 10.7. The molecule has 0 saturated carbocycles. The predicted octanol–water partition coefficient (Wildman–Crippen LogP) is 4.27. The summed E-state index contributed by atoms with van der Waals surface area (Å²) in [6, 6.07) is 17.8. The molecule has 3 aromatic carbocycles. The topological polar surface area (TPSA) is 80.3 Å². The van der Waals surface area contributed by atoms with Gasteiger partial charge in [0.05, 0.1) is 14.7 Å². The van der Waals surface area contributed by atoms with Crippen LogP contribution in [0.2, 0.25) is 5.02 Å². The molecule has 0 fully saturated rings. The molecule has 0 atom stereocenters. The van der Waals surface area contributed by atoms with Gasteiger partial charge in [0, 0.05) is 11.6 Å². The fraction of sp³-hybridized carbons (Fsp3) is 0.143. The Hall–Kier alpha value is -2.19. The Bertz CT molecular complexity index is 1240. The average Bonchev–Trinajstić information content (AvgIpc) is 2.69. The first-order chi connectivity index (χ1) is 13.6. The Morgan fingerprint density at radius 2 is 1.41 bits per heavy atom. The fourth-order valence-electron chi connectivity index (χ4n) is 2.94. The number of aryl methyl sites for hydroxylation is 1. The largest absolute Gasteiger partial charge is 0.241 e. The van der Waals surface area contributed by atoms with Crippen molar-refractivity contribution < 1.29 is 16.8 Å². The van der Waals surface area contributed by atoms with Crippen LogP contribution in [0.15, 0.2) is 81.4 Å². The predicted molar refractivity (Wildman–Crippen MR) is 113 cm³/mol. The quantitative estimate of drug-likeness (QED) is 0.609. The lowest BCUT2D eigenvalue weighted by atomic mass is 10.2. The molecule has 0 bridgehead atoms. The van der Waals surface area contributed by atoms with Crippen molar-refractivity contribution in [3.05, 3.63) is 88.4 Å². The standard InChI is InChI=1S/C21H20ClNO4S2/c1-15-12-20(28(24,25)19-10-8-18(22)9-11-19)16(2)21(13-15)29(26,27)23-14-17-6-4-3-5-7-17/h3-13,23H,14H2,1-2H3. The smallest absolute Gasteiger partial charge is 0.219 e. The summed E-state index contributed by atoms with van der Waals surface area (Å²) in [7, 11) is -7.83. The highest BCUT2D eigenvalue weighted by atomic mass is 35.5. The maximum Gasteiger partial charge on any atom is 0.241 e. The van der Waals surface area contributed by atoms with Gasteiger partial charge in [-0.1, -0.05) is 41.9 Å². The summed E-state index contributed by atoms with van der Waals surface area (Å²) in [5, 5.41) is 0.415. The van der Waals surface area contributed by atoms with Crippen LogP contribution in [-0.2, 0) is 26.4 Å². The Kier molecular flexibility index (Phi) is 6.14. The van der Waals surface area contributed by atoms with Crippen LogP contribution < -0.4 is 4.72 Å². The van der Waals surface area contributed by atoms with Gasteiger partial charge in [0.15, 0.2) is 0 Å². The SMILES string of the molecule is Cc1cc(S(=O)(=O)NCc2ccccc2)c(C)c(S(=O)(=O)c2ccc(Cl)cc2)c1. The third kappa shape index (κ3) is 4.70. The summed E-state index contributed by atoms with van der Waals surface area (Å²) in [6.45, 7) is 3.27. The minimum Gasteiger partial charge on any atom is -0.219 e.